The van der Waals surface area contributed by atoms with Gasteiger partial charge in [-0.3, -0.25) is 4.79 Å². The molecule has 5 nitrogen and oxygen atoms in total. The third kappa shape index (κ3) is 6.22. The Bertz CT molecular complexity index is 643. The van der Waals surface area contributed by atoms with Crippen molar-refractivity contribution in [1.82, 2.24) is 5.32 Å². The second-order valence-corrected chi connectivity index (χ2v) is 5.44. The van der Waals surface area contributed by atoms with Gasteiger partial charge in [-0.1, -0.05) is 60.7 Å². The van der Waals surface area contributed by atoms with E-state index in [-0.39, 0.29) is 25.4 Å². The van der Waals surface area contributed by atoms with Crippen LogP contribution >= 0.6 is 0 Å². The molecular formula is C19H21NO4. The summed E-state index contributed by atoms with van der Waals surface area (Å²) in [5, 5.41) is 11.8. The molecule has 5 heteroatoms. The van der Waals surface area contributed by atoms with Crippen LogP contribution in [0.1, 0.15) is 17.5 Å². The van der Waals surface area contributed by atoms with E-state index in [0.29, 0.717) is 6.61 Å². The van der Waals surface area contributed by atoms with E-state index in [1.54, 1.807) is 0 Å². The first kappa shape index (κ1) is 17.7. The highest BCUT2D eigenvalue weighted by Gasteiger charge is 2.20. The summed E-state index contributed by atoms with van der Waals surface area (Å²) in [5.41, 5.74) is 1.90. The number of carbonyl (C=O) groups is 2. The molecule has 0 aromatic heterocycles. The van der Waals surface area contributed by atoms with E-state index in [0.717, 1.165) is 11.1 Å². The number of amides is 1. The third-order valence-electron chi connectivity index (χ3n) is 3.50. The Labute approximate surface area is 141 Å². The van der Waals surface area contributed by atoms with E-state index in [2.05, 4.69) is 5.32 Å². The summed E-state index contributed by atoms with van der Waals surface area (Å²) in [6.07, 6.45) is 0.387. The van der Waals surface area contributed by atoms with Crippen LogP contribution in [0.25, 0.3) is 0 Å². The SMILES string of the molecule is O=C(CCOCc1ccccc1)NC(Cc1ccccc1)C(=O)O. The Balaban J connectivity index is 1.73. The number of hydrogen-bond donors (Lipinski definition) is 2. The lowest BCUT2D eigenvalue weighted by atomic mass is 10.1. The van der Waals surface area contributed by atoms with Crippen LogP contribution < -0.4 is 5.32 Å². The van der Waals surface area contributed by atoms with Gasteiger partial charge >= 0.3 is 5.97 Å². The van der Waals surface area contributed by atoms with Crippen molar-refractivity contribution in [2.24, 2.45) is 0 Å². The number of carboxylic acid groups (broad SMARTS) is 1. The number of carboxylic acids is 1. The van der Waals surface area contributed by atoms with Crippen molar-refractivity contribution in [2.75, 3.05) is 6.61 Å². The van der Waals surface area contributed by atoms with Gasteiger partial charge in [0.25, 0.3) is 0 Å². The van der Waals surface area contributed by atoms with E-state index in [4.69, 9.17) is 4.74 Å². The smallest absolute Gasteiger partial charge is 0.326 e. The van der Waals surface area contributed by atoms with Gasteiger partial charge in [0.15, 0.2) is 0 Å². The van der Waals surface area contributed by atoms with Crippen LogP contribution in [0.2, 0.25) is 0 Å². The first-order valence-electron chi connectivity index (χ1n) is 7.83. The summed E-state index contributed by atoms with van der Waals surface area (Å²) in [5.74, 6) is -1.37. The lowest BCUT2D eigenvalue weighted by Gasteiger charge is -2.14. The topological polar surface area (TPSA) is 75.6 Å². The number of ether oxygens (including phenoxy) is 1. The Kier molecular flexibility index (Phi) is 6.98. The fourth-order valence-electron chi connectivity index (χ4n) is 2.25. The second-order valence-electron chi connectivity index (χ2n) is 5.44. The average Bonchev–Trinajstić information content (AvgIpc) is 2.60. The van der Waals surface area contributed by atoms with E-state index < -0.39 is 12.0 Å². The fourth-order valence-corrected chi connectivity index (χ4v) is 2.25. The molecule has 0 bridgehead atoms. The highest BCUT2D eigenvalue weighted by Crippen LogP contribution is 2.04. The highest BCUT2D eigenvalue weighted by atomic mass is 16.5. The maximum atomic E-state index is 11.9. The molecular weight excluding hydrogens is 306 g/mol. The summed E-state index contributed by atoms with van der Waals surface area (Å²) >= 11 is 0. The molecule has 0 aliphatic heterocycles. The Morgan fingerprint density at radius 3 is 2.12 bits per heavy atom. The quantitative estimate of drug-likeness (QED) is 0.694. The molecule has 2 N–H and O–H groups in total. The summed E-state index contributed by atoms with van der Waals surface area (Å²) in [4.78, 5) is 23.2. The van der Waals surface area contributed by atoms with Crippen molar-refractivity contribution in [1.29, 1.82) is 0 Å². The lowest BCUT2D eigenvalue weighted by Crippen LogP contribution is -2.42. The molecule has 2 rings (SSSR count). The summed E-state index contributed by atoms with van der Waals surface area (Å²) in [6, 6.07) is 17.9. The normalized spacial score (nSPS) is 11.7. The standard InChI is InChI=1S/C19H21NO4/c21-18(11-12-24-14-16-9-5-2-6-10-16)20-17(19(22)23)13-15-7-3-1-4-8-15/h1-10,17H,11-14H2,(H,20,21)(H,22,23). The molecule has 0 radical (unpaired) electrons. The van der Waals surface area contributed by atoms with Crippen LogP contribution in [0.4, 0.5) is 0 Å². The maximum absolute atomic E-state index is 11.9. The Morgan fingerprint density at radius 1 is 0.958 bits per heavy atom. The molecule has 24 heavy (non-hydrogen) atoms. The van der Waals surface area contributed by atoms with Gasteiger partial charge in [0.2, 0.25) is 5.91 Å². The van der Waals surface area contributed by atoms with Gasteiger partial charge in [0, 0.05) is 12.8 Å². The van der Waals surface area contributed by atoms with Gasteiger partial charge in [0.05, 0.1) is 13.2 Å². The molecule has 1 unspecified atom stereocenters. The van der Waals surface area contributed by atoms with Crippen LogP contribution in [0.5, 0.6) is 0 Å². The molecule has 126 valence electrons. The number of benzene rings is 2. The van der Waals surface area contributed by atoms with Crippen molar-refractivity contribution in [3.8, 4) is 0 Å². The van der Waals surface area contributed by atoms with Gasteiger partial charge in [-0.15, -0.1) is 0 Å². The van der Waals surface area contributed by atoms with Crippen molar-refractivity contribution in [3.05, 3.63) is 71.8 Å². The first-order valence-corrected chi connectivity index (χ1v) is 7.83. The molecule has 1 amide bonds. The van der Waals surface area contributed by atoms with Gasteiger partial charge in [-0.25, -0.2) is 4.79 Å². The van der Waals surface area contributed by atoms with E-state index in [9.17, 15) is 14.7 Å². The number of rotatable bonds is 9. The van der Waals surface area contributed by atoms with Crippen LogP contribution in [-0.2, 0) is 27.4 Å². The zero-order valence-electron chi connectivity index (χ0n) is 13.4. The summed E-state index contributed by atoms with van der Waals surface area (Å²) < 4.78 is 5.44. The van der Waals surface area contributed by atoms with Crippen molar-refractivity contribution in [3.63, 3.8) is 0 Å². The molecule has 0 aliphatic rings. The summed E-state index contributed by atoms with van der Waals surface area (Å²) in [7, 11) is 0. The molecule has 0 heterocycles. The van der Waals surface area contributed by atoms with Crippen molar-refractivity contribution < 1.29 is 19.4 Å². The van der Waals surface area contributed by atoms with Gasteiger partial charge in [-0.2, -0.15) is 0 Å². The van der Waals surface area contributed by atoms with Crippen LogP contribution in [0.15, 0.2) is 60.7 Å². The second kappa shape index (κ2) is 9.47. The number of aliphatic carboxylic acids is 1. The van der Waals surface area contributed by atoms with E-state index in [1.165, 1.54) is 0 Å². The minimum absolute atomic E-state index is 0.130. The van der Waals surface area contributed by atoms with Gasteiger partial charge < -0.3 is 15.2 Å². The molecule has 0 aliphatic carbocycles. The maximum Gasteiger partial charge on any atom is 0.326 e. The minimum Gasteiger partial charge on any atom is -0.480 e. The zero-order valence-corrected chi connectivity index (χ0v) is 13.4. The fraction of sp³-hybridized carbons (Fsp3) is 0.263. The Morgan fingerprint density at radius 2 is 1.54 bits per heavy atom. The predicted molar refractivity (Wildman–Crippen MR) is 90.4 cm³/mol. The van der Waals surface area contributed by atoms with Crippen molar-refractivity contribution >= 4 is 11.9 Å². The third-order valence-corrected chi connectivity index (χ3v) is 3.50. The monoisotopic (exact) mass is 327 g/mol. The zero-order chi connectivity index (χ0) is 17.2. The molecule has 0 fully saturated rings. The van der Waals surface area contributed by atoms with Gasteiger partial charge in [0.1, 0.15) is 6.04 Å². The average molecular weight is 327 g/mol. The Hall–Kier alpha value is -2.66. The molecule has 0 spiro atoms. The minimum atomic E-state index is -1.04. The largest absolute Gasteiger partial charge is 0.480 e. The highest BCUT2D eigenvalue weighted by molar-refractivity contribution is 5.83. The van der Waals surface area contributed by atoms with E-state index >= 15 is 0 Å². The number of nitrogens with one attached hydrogen (secondary N) is 1. The molecule has 0 saturated carbocycles. The molecule has 2 aromatic rings. The number of carbonyl (C=O) groups excluding carboxylic acids is 1. The predicted octanol–water partition coefficient (Wildman–Crippen LogP) is 2.41. The summed E-state index contributed by atoms with van der Waals surface area (Å²) in [6.45, 7) is 0.679. The lowest BCUT2D eigenvalue weighted by molar-refractivity contribution is -0.142. The van der Waals surface area contributed by atoms with Crippen LogP contribution in [0, 0.1) is 0 Å². The molecule has 2 aromatic carbocycles. The molecule has 0 saturated heterocycles. The van der Waals surface area contributed by atoms with E-state index in [1.807, 2.05) is 60.7 Å². The first-order chi connectivity index (χ1) is 11.6. The van der Waals surface area contributed by atoms with Gasteiger partial charge in [-0.05, 0) is 11.1 Å². The van der Waals surface area contributed by atoms with Crippen molar-refractivity contribution in [2.45, 2.75) is 25.5 Å². The van der Waals surface area contributed by atoms with Crippen LogP contribution in [-0.4, -0.2) is 29.6 Å². The number of hydrogen-bond acceptors (Lipinski definition) is 3. The van der Waals surface area contributed by atoms with Crippen LogP contribution in [0.3, 0.4) is 0 Å². The molecule has 1 atom stereocenters.